The maximum Gasteiger partial charge on any atom is 0.254 e. The van der Waals surface area contributed by atoms with Crippen LogP contribution < -0.4 is 5.32 Å². The van der Waals surface area contributed by atoms with Crippen LogP contribution in [-0.2, 0) is 4.74 Å². The minimum atomic E-state index is 0.0766. The van der Waals surface area contributed by atoms with Crippen molar-refractivity contribution in [2.45, 2.75) is 27.7 Å². The zero-order chi connectivity index (χ0) is 15.0. The molecule has 4 nitrogen and oxygen atoms in total. The molecular weight excluding hydrogens is 252 g/mol. The van der Waals surface area contributed by atoms with E-state index in [0.717, 1.165) is 23.4 Å². The van der Waals surface area contributed by atoms with E-state index >= 15 is 0 Å². The van der Waals surface area contributed by atoms with Gasteiger partial charge < -0.3 is 15.0 Å². The summed E-state index contributed by atoms with van der Waals surface area (Å²) < 4.78 is 5.33. The SMILES string of the molecule is CCNc1ccc(C(=O)N(CC)CCOCC)c(C)c1. The second-order valence-corrected chi connectivity index (χ2v) is 4.64. The average Bonchev–Trinajstić information content (AvgIpc) is 2.43. The third kappa shape index (κ3) is 4.53. The lowest BCUT2D eigenvalue weighted by atomic mass is 10.1. The van der Waals surface area contributed by atoms with Crippen LogP contribution in [0.1, 0.15) is 36.7 Å². The number of rotatable bonds is 8. The summed E-state index contributed by atoms with van der Waals surface area (Å²) >= 11 is 0. The van der Waals surface area contributed by atoms with Gasteiger partial charge in [-0.1, -0.05) is 0 Å². The predicted molar refractivity (Wildman–Crippen MR) is 83.4 cm³/mol. The van der Waals surface area contributed by atoms with Crippen LogP contribution in [0.5, 0.6) is 0 Å². The first-order chi connectivity index (χ1) is 9.63. The zero-order valence-corrected chi connectivity index (χ0v) is 13.0. The summed E-state index contributed by atoms with van der Waals surface area (Å²) in [6.07, 6.45) is 0. The normalized spacial score (nSPS) is 10.4. The Morgan fingerprint density at radius 2 is 2.05 bits per heavy atom. The minimum absolute atomic E-state index is 0.0766. The smallest absolute Gasteiger partial charge is 0.254 e. The molecule has 0 unspecified atom stereocenters. The van der Waals surface area contributed by atoms with E-state index in [1.165, 1.54) is 0 Å². The van der Waals surface area contributed by atoms with E-state index in [0.29, 0.717) is 26.3 Å². The van der Waals surface area contributed by atoms with Crippen molar-refractivity contribution in [3.63, 3.8) is 0 Å². The summed E-state index contributed by atoms with van der Waals surface area (Å²) in [4.78, 5) is 14.3. The van der Waals surface area contributed by atoms with E-state index < -0.39 is 0 Å². The van der Waals surface area contributed by atoms with Crippen molar-refractivity contribution in [3.8, 4) is 0 Å². The van der Waals surface area contributed by atoms with Crippen molar-refractivity contribution in [1.29, 1.82) is 0 Å². The van der Waals surface area contributed by atoms with Crippen LogP contribution >= 0.6 is 0 Å². The molecule has 0 aliphatic heterocycles. The summed E-state index contributed by atoms with van der Waals surface area (Å²) in [6, 6.07) is 5.88. The Balaban J connectivity index is 2.78. The first-order valence-corrected chi connectivity index (χ1v) is 7.35. The highest BCUT2D eigenvalue weighted by Gasteiger charge is 2.16. The third-order valence-corrected chi connectivity index (χ3v) is 3.22. The molecule has 1 N–H and O–H groups in total. The number of amides is 1. The van der Waals surface area contributed by atoms with Gasteiger partial charge in [-0.25, -0.2) is 0 Å². The highest BCUT2D eigenvalue weighted by atomic mass is 16.5. The Labute approximate surface area is 122 Å². The lowest BCUT2D eigenvalue weighted by Crippen LogP contribution is -2.34. The highest BCUT2D eigenvalue weighted by molar-refractivity contribution is 5.96. The van der Waals surface area contributed by atoms with Crippen LogP contribution in [0.4, 0.5) is 5.69 Å². The van der Waals surface area contributed by atoms with Gasteiger partial charge in [-0.15, -0.1) is 0 Å². The molecule has 0 saturated carbocycles. The summed E-state index contributed by atoms with van der Waals surface area (Å²) in [6.45, 7) is 11.5. The Kier molecular flexibility index (Phi) is 7.09. The average molecular weight is 278 g/mol. The number of benzene rings is 1. The molecule has 112 valence electrons. The van der Waals surface area contributed by atoms with Crippen LogP contribution in [-0.4, -0.2) is 43.7 Å². The van der Waals surface area contributed by atoms with E-state index in [9.17, 15) is 4.79 Å². The van der Waals surface area contributed by atoms with Gasteiger partial charge >= 0.3 is 0 Å². The monoisotopic (exact) mass is 278 g/mol. The number of ether oxygens (including phenoxy) is 1. The molecule has 20 heavy (non-hydrogen) atoms. The van der Waals surface area contributed by atoms with Crippen molar-refractivity contribution in [2.75, 3.05) is 38.2 Å². The second-order valence-electron chi connectivity index (χ2n) is 4.64. The first-order valence-electron chi connectivity index (χ1n) is 7.35. The Morgan fingerprint density at radius 1 is 1.30 bits per heavy atom. The molecule has 0 spiro atoms. The standard InChI is InChI=1S/C16H26N2O2/c1-5-17-14-8-9-15(13(4)12-14)16(19)18(6-2)10-11-20-7-3/h8-9,12,17H,5-7,10-11H2,1-4H3. The van der Waals surface area contributed by atoms with Crippen molar-refractivity contribution < 1.29 is 9.53 Å². The third-order valence-electron chi connectivity index (χ3n) is 3.22. The molecule has 0 aliphatic rings. The predicted octanol–water partition coefficient (Wildman–Crippen LogP) is 2.93. The maximum atomic E-state index is 12.5. The molecule has 0 saturated heterocycles. The van der Waals surface area contributed by atoms with E-state index in [1.807, 2.05) is 43.9 Å². The Bertz CT molecular complexity index is 432. The molecular formula is C16H26N2O2. The van der Waals surface area contributed by atoms with E-state index in [2.05, 4.69) is 12.2 Å². The number of carbonyl (C=O) groups excluding carboxylic acids is 1. The summed E-state index contributed by atoms with van der Waals surface area (Å²) in [5, 5.41) is 3.25. The van der Waals surface area contributed by atoms with Gasteiger partial charge in [-0.3, -0.25) is 4.79 Å². The molecule has 0 aliphatic carbocycles. The number of likely N-dealkylation sites (N-methyl/N-ethyl adjacent to an activating group) is 1. The van der Waals surface area contributed by atoms with Gasteiger partial charge in [-0.2, -0.15) is 0 Å². The fourth-order valence-electron chi connectivity index (χ4n) is 2.11. The van der Waals surface area contributed by atoms with E-state index in [4.69, 9.17) is 4.74 Å². The fraction of sp³-hybridized carbons (Fsp3) is 0.562. The van der Waals surface area contributed by atoms with Gasteiger partial charge in [0.25, 0.3) is 5.91 Å². The zero-order valence-electron chi connectivity index (χ0n) is 13.0. The molecule has 0 radical (unpaired) electrons. The van der Waals surface area contributed by atoms with Crippen LogP contribution in [0.25, 0.3) is 0 Å². The molecule has 1 rings (SSSR count). The summed E-state index contributed by atoms with van der Waals surface area (Å²) in [5.41, 5.74) is 2.83. The summed E-state index contributed by atoms with van der Waals surface area (Å²) in [5.74, 6) is 0.0766. The van der Waals surface area contributed by atoms with Crippen LogP contribution in [0.15, 0.2) is 18.2 Å². The van der Waals surface area contributed by atoms with Crippen molar-refractivity contribution in [2.24, 2.45) is 0 Å². The Hall–Kier alpha value is -1.55. The molecule has 0 heterocycles. The highest BCUT2D eigenvalue weighted by Crippen LogP contribution is 2.17. The summed E-state index contributed by atoms with van der Waals surface area (Å²) in [7, 11) is 0. The van der Waals surface area contributed by atoms with E-state index in [-0.39, 0.29) is 5.91 Å². The fourth-order valence-corrected chi connectivity index (χ4v) is 2.11. The number of hydrogen-bond donors (Lipinski definition) is 1. The van der Waals surface area contributed by atoms with Crippen LogP contribution in [0, 0.1) is 6.92 Å². The van der Waals surface area contributed by atoms with Crippen LogP contribution in [0.2, 0.25) is 0 Å². The number of nitrogens with zero attached hydrogens (tertiary/aromatic N) is 1. The first kappa shape index (κ1) is 16.5. The number of carbonyl (C=O) groups is 1. The lowest BCUT2D eigenvalue weighted by molar-refractivity contribution is 0.0668. The molecule has 0 bridgehead atoms. The van der Waals surface area contributed by atoms with Gasteiger partial charge in [0.2, 0.25) is 0 Å². The molecule has 0 fully saturated rings. The van der Waals surface area contributed by atoms with Gasteiger partial charge in [0.15, 0.2) is 0 Å². The topological polar surface area (TPSA) is 41.6 Å². The molecule has 0 atom stereocenters. The molecule has 4 heteroatoms. The van der Waals surface area contributed by atoms with Gasteiger partial charge in [-0.05, 0) is 51.5 Å². The van der Waals surface area contributed by atoms with Crippen molar-refractivity contribution >= 4 is 11.6 Å². The minimum Gasteiger partial charge on any atom is -0.385 e. The number of aryl methyl sites for hydroxylation is 1. The Morgan fingerprint density at radius 3 is 2.60 bits per heavy atom. The number of nitrogens with one attached hydrogen (secondary N) is 1. The van der Waals surface area contributed by atoms with Gasteiger partial charge in [0.05, 0.1) is 6.61 Å². The van der Waals surface area contributed by atoms with Crippen LogP contribution in [0.3, 0.4) is 0 Å². The van der Waals surface area contributed by atoms with E-state index in [1.54, 1.807) is 0 Å². The van der Waals surface area contributed by atoms with Gasteiger partial charge in [0, 0.05) is 37.5 Å². The molecule has 1 amide bonds. The number of anilines is 1. The molecule has 1 aromatic rings. The quantitative estimate of drug-likeness (QED) is 0.743. The lowest BCUT2D eigenvalue weighted by Gasteiger charge is -2.22. The second kappa shape index (κ2) is 8.59. The molecule has 0 aromatic heterocycles. The molecule has 1 aromatic carbocycles. The van der Waals surface area contributed by atoms with Gasteiger partial charge in [0.1, 0.15) is 0 Å². The maximum absolute atomic E-state index is 12.5. The van der Waals surface area contributed by atoms with Crippen molar-refractivity contribution in [3.05, 3.63) is 29.3 Å². The largest absolute Gasteiger partial charge is 0.385 e. The number of hydrogen-bond acceptors (Lipinski definition) is 3. The van der Waals surface area contributed by atoms with Crippen molar-refractivity contribution in [1.82, 2.24) is 4.90 Å².